The van der Waals surface area contributed by atoms with Gasteiger partial charge in [0.2, 0.25) is 0 Å². The standard InChI is InChI=1S/C22H30F2N2O/c1-3-4-5-6-20(24)13-14-27-21-15-25-22(26-16-21)19-11-9-18(10-12-19)8-7-17(2)23/h9-12,15-17,20H,3-8,13-14H2,1-2H3/t17-,20+/m1/s1. The maximum absolute atomic E-state index is 13.7. The Morgan fingerprint density at radius 1 is 0.963 bits per heavy atom. The van der Waals surface area contributed by atoms with E-state index in [0.29, 0.717) is 37.4 Å². The molecule has 0 N–H and O–H groups in total. The molecule has 0 aliphatic rings. The van der Waals surface area contributed by atoms with Gasteiger partial charge in [-0.1, -0.05) is 50.5 Å². The Hall–Kier alpha value is -2.04. The van der Waals surface area contributed by atoms with Crippen LogP contribution in [-0.2, 0) is 6.42 Å². The normalized spacial score (nSPS) is 13.3. The molecule has 0 saturated carbocycles. The second-order valence-corrected chi connectivity index (χ2v) is 6.99. The SMILES string of the molecule is CCCCC[C@H](F)CCOc1cnc(-c2ccc(CC[C@@H](C)F)cc2)nc1. The van der Waals surface area contributed by atoms with E-state index in [-0.39, 0.29) is 0 Å². The maximum atomic E-state index is 13.7. The van der Waals surface area contributed by atoms with E-state index in [0.717, 1.165) is 36.8 Å². The number of aromatic nitrogens is 2. The van der Waals surface area contributed by atoms with Crippen molar-refractivity contribution in [1.82, 2.24) is 9.97 Å². The van der Waals surface area contributed by atoms with Gasteiger partial charge in [0.25, 0.3) is 0 Å². The van der Waals surface area contributed by atoms with Gasteiger partial charge in [-0.2, -0.15) is 0 Å². The van der Waals surface area contributed by atoms with Crippen LogP contribution in [0.25, 0.3) is 11.4 Å². The lowest BCUT2D eigenvalue weighted by molar-refractivity contribution is 0.222. The third kappa shape index (κ3) is 8.02. The Kier molecular flexibility index (Phi) is 9.16. The van der Waals surface area contributed by atoms with Gasteiger partial charge in [0.15, 0.2) is 11.6 Å². The van der Waals surface area contributed by atoms with Crippen molar-refractivity contribution in [3.05, 3.63) is 42.2 Å². The molecule has 0 unspecified atom stereocenters. The van der Waals surface area contributed by atoms with E-state index in [1.807, 2.05) is 24.3 Å². The quantitative estimate of drug-likeness (QED) is 0.419. The van der Waals surface area contributed by atoms with Crippen molar-refractivity contribution in [3.8, 4) is 17.1 Å². The van der Waals surface area contributed by atoms with Crippen LogP contribution in [-0.4, -0.2) is 28.9 Å². The van der Waals surface area contributed by atoms with E-state index in [2.05, 4.69) is 16.9 Å². The molecule has 0 aliphatic heterocycles. The fourth-order valence-corrected chi connectivity index (χ4v) is 2.79. The zero-order valence-corrected chi connectivity index (χ0v) is 16.3. The van der Waals surface area contributed by atoms with Crippen LogP contribution in [0.5, 0.6) is 5.75 Å². The molecule has 2 aromatic rings. The molecule has 0 radical (unpaired) electrons. The summed E-state index contributed by atoms with van der Waals surface area (Å²) < 4.78 is 32.2. The van der Waals surface area contributed by atoms with E-state index < -0.39 is 12.3 Å². The average molecular weight is 376 g/mol. The van der Waals surface area contributed by atoms with Crippen molar-refractivity contribution in [3.63, 3.8) is 0 Å². The molecule has 148 valence electrons. The second kappa shape index (κ2) is 11.6. The third-order valence-electron chi connectivity index (χ3n) is 4.49. The molecule has 5 heteroatoms. The molecule has 1 aromatic carbocycles. The number of alkyl halides is 2. The molecule has 1 aromatic heterocycles. The third-order valence-corrected chi connectivity index (χ3v) is 4.49. The highest BCUT2D eigenvalue weighted by atomic mass is 19.1. The predicted molar refractivity (Wildman–Crippen MR) is 106 cm³/mol. The highest BCUT2D eigenvalue weighted by Gasteiger charge is 2.07. The predicted octanol–water partition coefficient (Wildman–Crippen LogP) is 6.12. The Labute approximate surface area is 161 Å². The number of ether oxygens (including phenoxy) is 1. The molecule has 27 heavy (non-hydrogen) atoms. The van der Waals surface area contributed by atoms with Crippen molar-refractivity contribution < 1.29 is 13.5 Å². The smallest absolute Gasteiger partial charge is 0.159 e. The number of nitrogens with zero attached hydrogens (tertiary/aromatic N) is 2. The molecule has 0 aliphatic carbocycles. The number of unbranched alkanes of at least 4 members (excludes halogenated alkanes) is 2. The van der Waals surface area contributed by atoms with Crippen molar-refractivity contribution in [2.75, 3.05) is 6.61 Å². The highest BCUT2D eigenvalue weighted by Crippen LogP contribution is 2.19. The van der Waals surface area contributed by atoms with Gasteiger partial charge in [0.05, 0.1) is 25.2 Å². The van der Waals surface area contributed by atoms with Gasteiger partial charge in [0, 0.05) is 12.0 Å². The minimum atomic E-state index is -0.810. The molecule has 0 amide bonds. The van der Waals surface area contributed by atoms with Gasteiger partial charge in [-0.15, -0.1) is 0 Å². The Balaban J connectivity index is 1.79. The molecular formula is C22H30F2N2O. The fourth-order valence-electron chi connectivity index (χ4n) is 2.79. The number of hydrogen-bond acceptors (Lipinski definition) is 3. The molecule has 3 nitrogen and oxygen atoms in total. The minimum Gasteiger partial charge on any atom is -0.490 e. The molecule has 2 atom stereocenters. The summed E-state index contributed by atoms with van der Waals surface area (Å²) in [6, 6.07) is 7.84. The molecule has 1 heterocycles. The largest absolute Gasteiger partial charge is 0.490 e. The monoisotopic (exact) mass is 376 g/mol. The first-order valence-electron chi connectivity index (χ1n) is 9.90. The number of aryl methyl sites for hydroxylation is 1. The Bertz CT molecular complexity index is 644. The van der Waals surface area contributed by atoms with E-state index >= 15 is 0 Å². The van der Waals surface area contributed by atoms with Crippen LogP contribution in [0.3, 0.4) is 0 Å². The summed E-state index contributed by atoms with van der Waals surface area (Å²) >= 11 is 0. The first kappa shape index (κ1) is 21.3. The average Bonchev–Trinajstić information content (AvgIpc) is 2.67. The summed E-state index contributed by atoms with van der Waals surface area (Å²) in [6.07, 6.45) is 6.99. The molecular weight excluding hydrogens is 346 g/mol. The van der Waals surface area contributed by atoms with Crippen LogP contribution in [0.2, 0.25) is 0 Å². The zero-order chi connectivity index (χ0) is 19.5. The number of benzene rings is 1. The number of hydrogen-bond donors (Lipinski definition) is 0. The molecule has 0 fully saturated rings. The van der Waals surface area contributed by atoms with Gasteiger partial charge in [-0.3, -0.25) is 0 Å². The molecule has 0 spiro atoms. The number of halogens is 2. The van der Waals surface area contributed by atoms with Crippen LogP contribution in [0.15, 0.2) is 36.7 Å². The summed E-state index contributed by atoms with van der Waals surface area (Å²) in [5, 5.41) is 0. The highest BCUT2D eigenvalue weighted by molar-refractivity contribution is 5.55. The van der Waals surface area contributed by atoms with E-state index in [1.54, 1.807) is 19.3 Å². The van der Waals surface area contributed by atoms with Crippen molar-refractivity contribution in [2.45, 2.75) is 71.1 Å². The zero-order valence-electron chi connectivity index (χ0n) is 16.3. The molecule has 0 bridgehead atoms. The first-order chi connectivity index (χ1) is 13.1. The minimum absolute atomic E-state index is 0.331. The van der Waals surface area contributed by atoms with Crippen LogP contribution in [0, 0.1) is 0 Å². The lowest BCUT2D eigenvalue weighted by Crippen LogP contribution is -2.08. The van der Waals surface area contributed by atoms with Gasteiger partial charge < -0.3 is 4.74 Å². The van der Waals surface area contributed by atoms with Crippen molar-refractivity contribution >= 4 is 0 Å². The number of rotatable bonds is 12. The van der Waals surface area contributed by atoms with Gasteiger partial charge in [-0.25, -0.2) is 18.7 Å². The van der Waals surface area contributed by atoms with Crippen molar-refractivity contribution in [2.24, 2.45) is 0 Å². The van der Waals surface area contributed by atoms with E-state index in [4.69, 9.17) is 4.74 Å². The van der Waals surface area contributed by atoms with Crippen LogP contribution >= 0.6 is 0 Å². The van der Waals surface area contributed by atoms with Crippen molar-refractivity contribution in [1.29, 1.82) is 0 Å². The summed E-state index contributed by atoms with van der Waals surface area (Å²) in [7, 11) is 0. The van der Waals surface area contributed by atoms with Gasteiger partial charge in [-0.05, 0) is 31.7 Å². The summed E-state index contributed by atoms with van der Waals surface area (Å²) in [4.78, 5) is 8.64. The van der Waals surface area contributed by atoms with E-state index in [9.17, 15) is 8.78 Å². The maximum Gasteiger partial charge on any atom is 0.159 e. The first-order valence-corrected chi connectivity index (χ1v) is 9.90. The van der Waals surface area contributed by atoms with Crippen LogP contribution < -0.4 is 4.74 Å². The van der Waals surface area contributed by atoms with Gasteiger partial charge >= 0.3 is 0 Å². The lowest BCUT2D eigenvalue weighted by Gasteiger charge is -2.09. The second-order valence-electron chi connectivity index (χ2n) is 6.99. The topological polar surface area (TPSA) is 35.0 Å². The van der Waals surface area contributed by atoms with Crippen LogP contribution in [0.1, 0.15) is 57.9 Å². The molecule has 0 saturated heterocycles. The summed E-state index contributed by atoms with van der Waals surface area (Å²) in [5.74, 6) is 1.16. The Morgan fingerprint density at radius 3 is 2.30 bits per heavy atom. The molecule has 2 rings (SSSR count). The summed E-state index contributed by atoms with van der Waals surface area (Å²) in [6.45, 7) is 4.02. The van der Waals surface area contributed by atoms with E-state index in [1.165, 1.54) is 0 Å². The fraction of sp³-hybridized carbons (Fsp3) is 0.545. The Morgan fingerprint density at radius 2 is 1.67 bits per heavy atom. The van der Waals surface area contributed by atoms with Crippen LogP contribution in [0.4, 0.5) is 8.78 Å². The van der Waals surface area contributed by atoms with Gasteiger partial charge in [0.1, 0.15) is 6.17 Å². The lowest BCUT2D eigenvalue weighted by atomic mass is 10.1. The summed E-state index contributed by atoms with van der Waals surface area (Å²) in [5.41, 5.74) is 2.00.